The molecule has 46 heavy (non-hydrogen) atoms. The van der Waals surface area contributed by atoms with E-state index in [1.165, 1.54) is 6.26 Å². The summed E-state index contributed by atoms with van der Waals surface area (Å²) in [6.07, 6.45) is 2.67. The van der Waals surface area contributed by atoms with E-state index < -0.39 is 35.6 Å². The lowest BCUT2D eigenvalue weighted by molar-refractivity contribution is -0.127. The number of hydroxylamine groups is 1. The van der Waals surface area contributed by atoms with Crippen molar-refractivity contribution in [2.45, 2.75) is 44.0 Å². The number of nitrogens with zero attached hydrogens (tertiary/aromatic N) is 2. The first-order valence-corrected chi connectivity index (χ1v) is 15.7. The molecule has 2 unspecified atom stereocenters. The summed E-state index contributed by atoms with van der Waals surface area (Å²) in [7, 11) is 0. The second-order valence-corrected chi connectivity index (χ2v) is 12.7. The Hall–Kier alpha value is -4.94. The van der Waals surface area contributed by atoms with Gasteiger partial charge in [-0.2, -0.15) is 0 Å². The fourth-order valence-electron chi connectivity index (χ4n) is 6.56. The second kappa shape index (κ2) is 10.8. The first kappa shape index (κ1) is 28.5. The molecule has 0 saturated heterocycles. The van der Waals surface area contributed by atoms with Crippen molar-refractivity contribution in [3.05, 3.63) is 118 Å². The zero-order valence-corrected chi connectivity index (χ0v) is 26.3. The zero-order chi connectivity index (χ0) is 31.6. The quantitative estimate of drug-likeness (QED) is 0.199. The highest BCUT2D eigenvalue weighted by Gasteiger charge is 2.61. The smallest absolute Gasteiger partial charge is 0.356 e. The van der Waals surface area contributed by atoms with Crippen molar-refractivity contribution in [3.63, 3.8) is 0 Å². The average molecular weight is 683 g/mol. The van der Waals surface area contributed by atoms with E-state index >= 15 is 0 Å². The molecule has 11 nitrogen and oxygen atoms in total. The standard InChI is InChI=1S/C34H28BrN5O6/c1-17(2)25-31-38-27(30-36-13-14-43-30)28(45-31)34-20-9-6-10-22(35)26(20)39-33(34)44-24-12-11-18(15-21(24)34)16-23(29(41)37-25)40-46-32(42)19-7-4-3-5-8-19/h3-15,17,23,25,33,39-40H,16H2,1-2H3,(H,37,41)/t23-,25-,33?,34?/m0/s1. The Morgan fingerprint density at radius 3 is 2.72 bits per heavy atom. The predicted molar refractivity (Wildman–Crippen MR) is 169 cm³/mol. The van der Waals surface area contributed by atoms with Gasteiger partial charge in [0.15, 0.2) is 17.7 Å². The number of fused-ring (bicyclic) bond motifs is 4. The SMILES string of the molecule is CC(C)[C@@H]1NC(=O)[C@@H](NOC(=O)c2ccccc2)Cc2ccc3c(c2)C2(c4cccc(Br)c4NC2O3)c2oc1nc2-c1ncco1. The molecule has 232 valence electrons. The van der Waals surface area contributed by atoms with E-state index in [9.17, 15) is 9.59 Å². The van der Waals surface area contributed by atoms with Crippen LogP contribution in [0.5, 0.6) is 5.75 Å². The highest BCUT2D eigenvalue weighted by Crippen LogP contribution is 2.60. The number of benzene rings is 3. The molecule has 4 bridgehead atoms. The van der Waals surface area contributed by atoms with Gasteiger partial charge >= 0.3 is 5.97 Å². The van der Waals surface area contributed by atoms with Crippen LogP contribution in [0.4, 0.5) is 5.69 Å². The van der Waals surface area contributed by atoms with E-state index in [0.29, 0.717) is 22.8 Å². The number of ether oxygens (including phenoxy) is 1. The van der Waals surface area contributed by atoms with E-state index in [1.807, 2.05) is 56.3 Å². The second-order valence-electron chi connectivity index (χ2n) is 11.9. The fraction of sp³-hybridized carbons (Fsp3) is 0.235. The highest BCUT2D eigenvalue weighted by molar-refractivity contribution is 9.10. The summed E-state index contributed by atoms with van der Waals surface area (Å²) in [6, 6.07) is 18.8. The Morgan fingerprint density at radius 2 is 1.93 bits per heavy atom. The van der Waals surface area contributed by atoms with Gasteiger partial charge in [-0.05, 0) is 58.1 Å². The average Bonchev–Trinajstić information content (AvgIpc) is 3.84. The number of nitrogens with one attached hydrogen (secondary N) is 3. The van der Waals surface area contributed by atoms with Crippen molar-refractivity contribution >= 4 is 33.5 Å². The largest absolute Gasteiger partial charge is 0.469 e. The molecule has 3 aliphatic heterocycles. The summed E-state index contributed by atoms with van der Waals surface area (Å²) in [6.45, 7) is 3.93. The topological polar surface area (TPSA) is 141 Å². The minimum Gasteiger partial charge on any atom is -0.469 e. The Morgan fingerprint density at radius 1 is 1.09 bits per heavy atom. The van der Waals surface area contributed by atoms with Gasteiger partial charge in [0, 0.05) is 15.6 Å². The number of amides is 1. The highest BCUT2D eigenvalue weighted by atomic mass is 79.9. The molecule has 3 aromatic carbocycles. The van der Waals surface area contributed by atoms with Gasteiger partial charge in [0.05, 0.1) is 17.4 Å². The van der Waals surface area contributed by atoms with E-state index in [0.717, 1.165) is 26.9 Å². The van der Waals surface area contributed by atoms with E-state index in [-0.39, 0.29) is 24.1 Å². The van der Waals surface area contributed by atoms with Gasteiger partial charge in [0.25, 0.3) is 0 Å². The van der Waals surface area contributed by atoms with Gasteiger partial charge < -0.3 is 29.0 Å². The van der Waals surface area contributed by atoms with E-state index in [1.54, 1.807) is 30.5 Å². The first-order chi connectivity index (χ1) is 22.3. The number of anilines is 1. The molecule has 12 heteroatoms. The zero-order valence-electron chi connectivity index (χ0n) is 24.7. The van der Waals surface area contributed by atoms with Crippen molar-refractivity contribution < 1.29 is 28.0 Å². The third-order valence-electron chi connectivity index (χ3n) is 8.75. The number of carbonyl (C=O) groups excluding carboxylic acids is 2. The van der Waals surface area contributed by atoms with Crippen molar-refractivity contribution in [1.29, 1.82) is 0 Å². The summed E-state index contributed by atoms with van der Waals surface area (Å²) in [5, 5.41) is 6.67. The number of carbonyl (C=O) groups is 2. The Labute approximate surface area is 271 Å². The van der Waals surface area contributed by atoms with Gasteiger partial charge in [-0.3, -0.25) is 4.79 Å². The number of aromatic nitrogens is 2. The molecule has 4 atom stereocenters. The number of oxazole rings is 2. The number of para-hydroxylation sites is 1. The van der Waals surface area contributed by atoms with Crippen LogP contribution in [0.2, 0.25) is 0 Å². The number of hydrogen-bond acceptors (Lipinski definition) is 10. The molecule has 0 saturated carbocycles. The minimum absolute atomic E-state index is 0.132. The third kappa shape index (κ3) is 4.35. The van der Waals surface area contributed by atoms with Gasteiger partial charge in [-0.25, -0.2) is 14.8 Å². The van der Waals surface area contributed by atoms with E-state index in [4.69, 9.17) is 23.4 Å². The van der Waals surface area contributed by atoms with Crippen LogP contribution in [-0.4, -0.2) is 34.1 Å². The molecule has 8 rings (SSSR count). The Balaban J connectivity index is 1.32. The lowest BCUT2D eigenvalue weighted by Crippen LogP contribution is -2.48. The van der Waals surface area contributed by atoms with Crippen molar-refractivity contribution in [3.8, 4) is 17.3 Å². The van der Waals surface area contributed by atoms with Crippen LogP contribution >= 0.6 is 15.9 Å². The molecule has 5 heterocycles. The summed E-state index contributed by atoms with van der Waals surface area (Å²) >= 11 is 3.71. The van der Waals surface area contributed by atoms with Crippen LogP contribution in [0.3, 0.4) is 0 Å². The van der Waals surface area contributed by atoms with Gasteiger partial charge in [0.1, 0.15) is 29.5 Å². The lowest BCUT2D eigenvalue weighted by Gasteiger charge is -2.28. The summed E-state index contributed by atoms with van der Waals surface area (Å²) in [5.41, 5.74) is 5.96. The summed E-state index contributed by atoms with van der Waals surface area (Å²) in [5.74, 6) is 0.589. The normalized spacial score (nSPS) is 22.5. The molecule has 5 aromatic rings. The molecule has 1 amide bonds. The third-order valence-corrected chi connectivity index (χ3v) is 9.41. The number of rotatable bonds is 5. The molecular formula is C34H28BrN5O6. The molecular weight excluding hydrogens is 654 g/mol. The fourth-order valence-corrected chi connectivity index (χ4v) is 7.04. The maximum Gasteiger partial charge on any atom is 0.356 e. The van der Waals surface area contributed by atoms with Gasteiger partial charge in [-0.15, -0.1) is 5.48 Å². The Kier molecular flexibility index (Phi) is 6.73. The van der Waals surface area contributed by atoms with Crippen molar-refractivity contribution in [2.24, 2.45) is 5.92 Å². The maximum atomic E-state index is 13.9. The van der Waals surface area contributed by atoms with Crippen LogP contribution in [0.25, 0.3) is 11.6 Å². The maximum absolute atomic E-state index is 13.9. The van der Waals surface area contributed by atoms with Crippen molar-refractivity contribution in [2.75, 3.05) is 5.32 Å². The minimum atomic E-state index is -0.993. The molecule has 3 aliphatic rings. The predicted octanol–water partition coefficient (Wildman–Crippen LogP) is 5.67. The molecule has 0 radical (unpaired) electrons. The lowest BCUT2D eigenvalue weighted by atomic mass is 9.72. The van der Waals surface area contributed by atoms with Crippen molar-refractivity contribution in [1.82, 2.24) is 20.8 Å². The molecule has 1 spiro atoms. The molecule has 2 aromatic heterocycles. The first-order valence-electron chi connectivity index (χ1n) is 14.9. The van der Waals surface area contributed by atoms with Crippen LogP contribution in [0.1, 0.15) is 58.6 Å². The van der Waals surface area contributed by atoms with Crippen LogP contribution in [-0.2, 0) is 21.5 Å². The van der Waals surface area contributed by atoms with Gasteiger partial charge in [-0.1, -0.05) is 56.3 Å². The number of hydrogen-bond donors (Lipinski definition) is 3. The van der Waals surface area contributed by atoms with Crippen LogP contribution < -0.4 is 20.9 Å². The summed E-state index contributed by atoms with van der Waals surface area (Å²) in [4.78, 5) is 41.6. The number of halogens is 1. The molecule has 0 aliphatic carbocycles. The van der Waals surface area contributed by atoms with Crippen LogP contribution in [0.15, 0.2) is 92.5 Å². The van der Waals surface area contributed by atoms with Gasteiger partial charge in [0.2, 0.25) is 17.7 Å². The van der Waals surface area contributed by atoms with Crippen LogP contribution in [0, 0.1) is 5.92 Å². The molecule has 3 N–H and O–H groups in total. The molecule has 0 fully saturated rings. The Bertz CT molecular complexity index is 1980. The van der Waals surface area contributed by atoms with E-state index in [2.05, 4.69) is 37.0 Å². The summed E-state index contributed by atoms with van der Waals surface area (Å²) < 4.78 is 20.1. The monoisotopic (exact) mass is 681 g/mol.